The van der Waals surface area contributed by atoms with Gasteiger partial charge in [0.25, 0.3) is 0 Å². The lowest BCUT2D eigenvalue weighted by Gasteiger charge is -2.52. The molecule has 1 heterocycles. The Morgan fingerprint density at radius 2 is 2.29 bits per heavy atom. The lowest BCUT2D eigenvalue weighted by Crippen LogP contribution is -2.50. The second kappa shape index (κ2) is 2.63. The van der Waals surface area contributed by atoms with Crippen LogP contribution < -0.4 is 0 Å². The van der Waals surface area contributed by atoms with Crippen LogP contribution in [-0.4, -0.2) is 26.6 Å². The fourth-order valence-corrected chi connectivity index (χ4v) is 2.85. The van der Waals surface area contributed by atoms with Gasteiger partial charge in [-0.15, -0.1) is 0 Å². The van der Waals surface area contributed by atoms with E-state index in [1.807, 2.05) is 0 Å². The van der Waals surface area contributed by atoms with E-state index in [1.54, 1.807) is 7.11 Å². The monoisotopic (exact) mass is 194 g/mol. The molecular weight excluding hydrogens is 179 g/mol. The lowest BCUT2D eigenvalue weighted by atomic mass is 9.55. The van der Waals surface area contributed by atoms with Gasteiger partial charge in [-0.2, -0.15) is 0 Å². The van der Waals surface area contributed by atoms with Crippen LogP contribution in [0.25, 0.3) is 0 Å². The maximum Gasteiger partial charge on any atom is 0.640 e. The van der Waals surface area contributed by atoms with Gasteiger partial charge >= 0.3 is 7.32 Å². The molecule has 0 aromatic carbocycles. The summed E-state index contributed by atoms with van der Waals surface area (Å²) in [5.41, 5.74) is 1.71. The minimum absolute atomic E-state index is 0.139. The fraction of sp³-hybridized carbons (Fsp3) is 0.800. The highest BCUT2D eigenvalue weighted by atomic mass is 16.8. The van der Waals surface area contributed by atoms with Crippen LogP contribution >= 0.6 is 0 Å². The molecule has 1 aliphatic heterocycles. The van der Waals surface area contributed by atoms with Crippen molar-refractivity contribution in [3.05, 3.63) is 11.6 Å². The molecule has 4 aliphatic rings. The van der Waals surface area contributed by atoms with Crippen LogP contribution in [0.1, 0.15) is 20.3 Å². The Bertz CT molecular complexity index is 300. The van der Waals surface area contributed by atoms with E-state index in [0.717, 1.165) is 6.42 Å². The highest BCUT2D eigenvalue weighted by Crippen LogP contribution is 2.56. The predicted molar refractivity (Wildman–Crippen MR) is 52.5 cm³/mol. The smallest absolute Gasteiger partial charge is 0.389 e. The summed E-state index contributed by atoms with van der Waals surface area (Å²) in [4.78, 5) is 0. The summed E-state index contributed by atoms with van der Waals surface area (Å²) in [6, 6.07) is 0. The number of rotatable bonds is 1. The first-order valence-electron chi connectivity index (χ1n) is 5.19. The SMILES string of the molecule is COB1OC2CC3C=C(C2O1)C3(C)C. The van der Waals surface area contributed by atoms with Crippen molar-refractivity contribution in [2.45, 2.75) is 32.5 Å². The number of hydrogen-bond acceptors (Lipinski definition) is 3. The van der Waals surface area contributed by atoms with Gasteiger partial charge in [-0.3, -0.25) is 0 Å². The minimum Gasteiger partial charge on any atom is -0.389 e. The number of hydrogen-bond donors (Lipinski definition) is 0. The molecule has 0 aromatic rings. The summed E-state index contributed by atoms with van der Waals surface area (Å²) >= 11 is 0. The van der Waals surface area contributed by atoms with E-state index < -0.39 is 7.32 Å². The molecule has 4 heteroatoms. The van der Waals surface area contributed by atoms with Crippen molar-refractivity contribution in [3.8, 4) is 0 Å². The third kappa shape index (κ3) is 0.939. The van der Waals surface area contributed by atoms with Gasteiger partial charge in [0, 0.05) is 7.11 Å². The zero-order valence-electron chi connectivity index (χ0n) is 8.82. The van der Waals surface area contributed by atoms with Crippen LogP contribution in [0.5, 0.6) is 0 Å². The molecule has 1 saturated heterocycles. The van der Waals surface area contributed by atoms with Gasteiger partial charge in [0.05, 0.1) is 12.2 Å². The molecule has 0 radical (unpaired) electrons. The summed E-state index contributed by atoms with van der Waals surface area (Å²) in [6.45, 7) is 4.57. The zero-order chi connectivity index (χ0) is 9.92. The summed E-state index contributed by atoms with van der Waals surface area (Å²) in [7, 11) is 1.16. The molecule has 0 aromatic heterocycles. The molecule has 3 atom stereocenters. The molecular formula is C10H15BO3. The molecule has 3 unspecified atom stereocenters. The third-order valence-electron chi connectivity index (χ3n) is 3.92. The Labute approximate surface area is 84.6 Å². The van der Waals surface area contributed by atoms with Crippen LogP contribution in [0.15, 0.2) is 11.6 Å². The zero-order valence-corrected chi connectivity index (χ0v) is 8.82. The van der Waals surface area contributed by atoms with Crippen molar-refractivity contribution in [3.63, 3.8) is 0 Å². The van der Waals surface area contributed by atoms with Gasteiger partial charge in [-0.1, -0.05) is 19.9 Å². The van der Waals surface area contributed by atoms with E-state index in [2.05, 4.69) is 19.9 Å². The molecule has 0 N–H and O–H groups in total. The van der Waals surface area contributed by atoms with Gasteiger partial charge in [0.1, 0.15) is 0 Å². The quantitative estimate of drug-likeness (QED) is 0.466. The summed E-state index contributed by atoms with van der Waals surface area (Å²) < 4.78 is 16.4. The second-order valence-corrected chi connectivity index (χ2v) is 4.94. The lowest BCUT2D eigenvalue weighted by molar-refractivity contribution is 0.0484. The number of allylic oxidation sites excluding steroid dienone is 1. The van der Waals surface area contributed by atoms with E-state index >= 15 is 0 Å². The van der Waals surface area contributed by atoms with E-state index in [0.29, 0.717) is 11.3 Å². The Morgan fingerprint density at radius 3 is 2.93 bits per heavy atom. The highest BCUT2D eigenvalue weighted by Gasteiger charge is 2.57. The Balaban J connectivity index is 1.85. The average Bonchev–Trinajstić information content (AvgIpc) is 2.59. The Morgan fingerprint density at radius 1 is 1.50 bits per heavy atom. The van der Waals surface area contributed by atoms with Gasteiger partial charge in [-0.05, 0) is 23.3 Å². The van der Waals surface area contributed by atoms with Crippen molar-refractivity contribution < 1.29 is 14.0 Å². The van der Waals surface area contributed by atoms with Crippen LogP contribution in [0.4, 0.5) is 0 Å². The minimum atomic E-state index is -0.457. The van der Waals surface area contributed by atoms with Gasteiger partial charge in [0.2, 0.25) is 0 Å². The maximum atomic E-state index is 5.69. The first-order chi connectivity index (χ1) is 6.63. The van der Waals surface area contributed by atoms with Crippen LogP contribution in [0, 0.1) is 11.3 Å². The molecule has 14 heavy (non-hydrogen) atoms. The Kier molecular flexibility index (Phi) is 1.68. The van der Waals surface area contributed by atoms with E-state index in [4.69, 9.17) is 14.0 Å². The van der Waals surface area contributed by atoms with Crippen LogP contribution in [0.2, 0.25) is 0 Å². The highest BCUT2D eigenvalue weighted by molar-refractivity contribution is 6.37. The summed E-state index contributed by atoms with van der Waals surface area (Å²) in [5, 5.41) is 0. The molecule has 1 saturated carbocycles. The van der Waals surface area contributed by atoms with Crippen molar-refractivity contribution in [2.75, 3.05) is 7.11 Å². The van der Waals surface area contributed by atoms with Crippen LogP contribution in [-0.2, 0) is 14.0 Å². The molecule has 2 fully saturated rings. The van der Waals surface area contributed by atoms with E-state index in [1.165, 1.54) is 5.57 Å². The van der Waals surface area contributed by atoms with Crippen molar-refractivity contribution >= 4 is 7.32 Å². The van der Waals surface area contributed by atoms with Crippen molar-refractivity contribution in [1.82, 2.24) is 0 Å². The van der Waals surface area contributed by atoms with Crippen LogP contribution in [0.3, 0.4) is 0 Å². The first-order valence-corrected chi connectivity index (χ1v) is 5.19. The van der Waals surface area contributed by atoms with Gasteiger partial charge < -0.3 is 14.0 Å². The standard InChI is InChI=1S/C10H15BO3/c1-10(2)6-4-7(10)9-8(5-6)13-11(12-3)14-9/h4,6,8-9H,5H2,1-3H3. The average molecular weight is 194 g/mol. The molecule has 0 spiro atoms. The molecule has 4 rings (SSSR count). The van der Waals surface area contributed by atoms with E-state index in [-0.39, 0.29) is 12.2 Å². The van der Waals surface area contributed by atoms with Crippen molar-refractivity contribution in [1.29, 1.82) is 0 Å². The molecule has 3 aliphatic carbocycles. The first kappa shape index (κ1) is 8.95. The Hall–Kier alpha value is -0.315. The fourth-order valence-electron chi connectivity index (χ4n) is 2.85. The largest absolute Gasteiger partial charge is 0.640 e. The molecule has 0 amide bonds. The maximum absolute atomic E-state index is 5.69. The predicted octanol–water partition coefficient (Wildman–Crippen LogP) is 1.39. The van der Waals surface area contributed by atoms with Gasteiger partial charge in [0.15, 0.2) is 0 Å². The topological polar surface area (TPSA) is 27.7 Å². The van der Waals surface area contributed by atoms with Gasteiger partial charge in [-0.25, -0.2) is 0 Å². The molecule has 2 bridgehead atoms. The van der Waals surface area contributed by atoms with E-state index in [9.17, 15) is 0 Å². The normalized spacial score (nSPS) is 42.9. The molecule has 3 nitrogen and oxygen atoms in total. The summed E-state index contributed by atoms with van der Waals surface area (Å²) in [5.74, 6) is 0.665. The van der Waals surface area contributed by atoms with Crippen molar-refractivity contribution in [2.24, 2.45) is 11.3 Å². The second-order valence-electron chi connectivity index (χ2n) is 4.94. The summed E-state index contributed by atoms with van der Waals surface area (Å²) in [6.07, 6.45) is 3.77. The molecule has 76 valence electrons. The third-order valence-corrected chi connectivity index (χ3v) is 3.92.